The zero-order chi connectivity index (χ0) is 12.4. The number of thiazole rings is 1. The molecule has 1 heterocycles. The molecule has 0 radical (unpaired) electrons. The molecule has 0 aliphatic heterocycles. The molecule has 6 heteroatoms. The Balaban J connectivity index is 2.14. The topological polar surface area (TPSA) is 50.9 Å². The third kappa shape index (κ3) is 2.52. The van der Waals surface area contributed by atoms with E-state index in [4.69, 9.17) is 5.73 Å². The summed E-state index contributed by atoms with van der Waals surface area (Å²) < 4.78 is 25.9. The van der Waals surface area contributed by atoms with Crippen molar-refractivity contribution in [3.63, 3.8) is 0 Å². The van der Waals surface area contributed by atoms with Crippen molar-refractivity contribution in [2.45, 2.75) is 13.5 Å². The van der Waals surface area contributed by atoms with Crippen LogP contribution in [0.25, 0.3) is 0 Å². The Labute approximate surface area is 101 Å². The van der Waals surface area contributed by atoms with Crippen LogP contribution in [0.15, 0.2) is 17.6 Å². The molecule has 3 N–H and O–H groups in total. The van der Waals surface area contributed by atoms with Gasteiger partial charge < -0.3 is 11.1 Å². The lowest BCUT2D eigenvalue weighted by molar-refractivity contribution is 0.509. The molecule has 0 saturated carbocycles. The summed E-state index contributed by atoms with van der Waals surface area (Å²) in [5.74, 6) is -1.86. The Morgan fingerprint density at radius 3 is 2.71 bits per heavy atom. The zero-order valence-electron chi connectivity index (χ0n) is 9.13. The summed E-state index contributed by atoms with van der Waals surface area (Å²) in [6.07, 6.45) is 0. The summed E-state index contributed by atoms with van der Waals surface area (Å²) in [5.41, 5.74) is 8.82. The Bertz CT molecular complexity index is 540. The quantitative estimate of drug-likeness (QED) is 0.829. The minimum atomic E-state index is -0.943. The third-order valence-corrected chi connectivity index (χ3v) is 3.31. The SMILES string of the molecule is Cc1ncsc1CNc1cc(F)c(F)cc1N. The zero-order valence-corrected chi connectivity index (χ0v) is 9.94. The average molecular weight is 255 g/mol. The first-order chi connectivity index (χ1) is 8.08. The maximum Gasteiger partial charge on any atom is 0.161 e. The molecule has 90 valence electrons. The van der Waals surface area contributed by atoms with Gasteiger partial charge in [-0.05, 0) is 6.92 Å². The van der Waals surface area contributed by atoms with Gasteiger partial charge in [0.15, 0.2) is 11.6 Å². The van der Waals surface area contributed by atoms with Crippen LogP contribution in [0.4, 0.5) is 20.2 Å². The number of hydrogen-bond acceptors (Lipinski definition) is 4. The van der Waals surface area contributed by atoms with Gasteiger partial charge >= 0.3 is 0 Å². The van der Waals surface area contributed by atoms with Crippen molar-refractivity contribution in [2.24, 2.45) is 0 Å². The van der Waals surface area contributed by atoms with Crippen LogP contribution in [-0.2, 0) is 6.54 Å². The first-order valence-electron chi connectivity index (χ1n) is 4.95. The third-order valence-electron chi connectivity index (χ3n) is 2.38. The van der Waals surface area contributed by atoms with Crippen LogP contribution < -0.4 is 11.1 Å². The summed E-state index contributed by atoms with van der Waals surface area (Å²) in [6, 6.07) is 2.03. The Kier molecular flexibility index (Phi) is 3.23. The fourth-order valence-corrected chi connectivity index (χ4v) is 2.10. The van der Waals surface area contributed by atoms with E-state index in [9.17, 15) is 8.78 Å². The van der Waals surface area contributed by atoms with Gasteiger partial charge in [0, 0.05) is 17.0 Å². The lowest BCUT2D eigenvalue weighted by atomic mass is 10.2. The number of aryl methyl sites for hydroxylation is 1. The fraction of sp³-hybridized carbons (Fsp3) is 0.182. The number of benzene rings is 1. The Hall–Kier alpha value is -1.69. The maximum atomic E-state index is 13.0. The number of anilines is 2. The number of nitrogens with zero attached hydrogens (tertiary/aromatic N) is 1. The summed E-state index contributed by atoms with van der Waals surface area (Å²) in [6.45, 7) is 2.38. The lowest BCUT2D eigenvalue weighted by Gasteiger charge is -2.09. The summed E-state index contributed by atoms with van der Waals surface area (Å²) in [7, 11) is 0. The van der Waals surface area contributed by atoms with E-state index < -0.39 is 11.6 Å². The molecule has 2 rings (SSSR count). The van der Waals surface area contributed by atoms with Crippen LogP contribution in [0.2, 0.25) is 0 Å². The van der Waals surface area contributed by atoms with Gasteiger partial charge in [-0.3, -0.25) is 0 Å². The molecule has 0 bridgehead atoms. The molecule has 0 fully saturated rings. The molecule has 2 aromatic rings. The smallest absolute Gasteiger partial charge is 0.161 e. The molecular formula is C11H11F2N3S. The Morgan fingerprint density at radius 1 is 1.35 bits per heavy atom. The fourth-order valence-electron chi connectivity index (χ4n) is 1.39. The van der Waals surface area contributed by atoms with E-state index in [1.165, 1.54) is 11.3 Å². The summed E-state index contributed by atoms with van der Waals surface area (Å²) in [5, 5.41) is 2.96. The van der Waals surface area contributed by atoms with E-state index >= 15 is 0 Å². The van der Waals surface area contributed by atoms with Crippen molar-refractivity contribution >= 4 is 22.7 Å². The van der Waals surface area contributed by atoms with Crippen LogP contribution >= 0.6 is 11.3 Å². The van der Waals surface area contributed by atoms with Gasteiger partial charge in [-0.25, -0.2) is 13.8 Å². The Morgan fingerprint density at radius 2 is 2.06 bits per heavy atom. The second-order valence-corrected chi connectivity index (χ2v) is 4.51. The van der Waals surface area contributed by atoms with Crippen molar-refractivity contribution in [1.29, 1.82) is 0 Å². The molecule has 17 heavy (non-hydrogen) atoms. The van der Waals surface area contributed by atoms with Gasteiger partial charge in [-0.1, -0.05) is 0 Å². The number of nitrogens with two attached hydrogens (primary N) is 1. The molecule has 0 atom stereocenters. The van der Waals surface area contributed by atoms with Crippen LogP contribution in [0.3, 0.4) is 0 Å². The van der Waals surface area contributed by atoms with Crippen molar-refractivity contribution in [1.82, 2.24) is 4.98 Å². The molecule has 1 aromatic heterocycles. The molecule has 1 aromatic carbocycles. The number of halogens is 2. The van der Waals surface area contributed by atoms with Gasteiger partial charge in [0.2, 0.25) is 0 Å². The van der Waals surface area contributed by atoms with E-state index in [-0.39, 0.29) is 5.69 Å². The molecule has 0 aliphatic carbocycles. The predicted molar refractivity (Wildman–Crippen MR) is 64.9 cm³/mol. The highest BCUT2D eigenvalue weighted by Gasteiger charge is 2.08. The summed E-state index contributed by atoms with van der Waals surface area (Å²) >= 11 is 1.50. The van der Waals surface area contributed by atoms with Crippen LogP contribution in [-0.4, -0.2) is 4.98 Å². The van der Waals surface area contributed by atoms with E-state index in [2.05, 4.69) is 10.3 Å². The van der Waals surface area contributed by atoms with Crippen molar-refractivity contribution < 1.29 is 8.78 Å². The highest BCUT2D eigenvalue weighted by Crippen LogP contribution is 2.23. The minimum absolute atomic E-state index is 0.186. The minimum Gasteiger partial charge on any atom is -0.397 e. The largest absolute Gasteiger partial charge is 0.397 e. The van der Waals surface area contributed by atoms with E-state index in [1.54, 1.807) is 5.51 Å². The second-order valence-electron chi connectivity index (χ2n) is 3.57. The van der Waals surface area contributed by atoms with Gasteiger partial charge in [0.05, 0.1) is 29.1 Å². The number of nitrogen functional groups attached to an aromatic ring is 1. The molecule has 3 nitrogen and oxygen atoms in total. The standard InChI is InChI=1S/C11H11F2N3S/c1-6-11(17-5-16-6)4-15-10-3-8(13)7(12)2-9(10)14/h2-3,5,15H,4,14H2,1H3. The number of nitrogens with one attached hydrogen (secondary N) is 1. The maximum absolute atomic E-state index is 13.0. The van der Waals surface area contributed by atoms with Crippen LogP contribution in [0, 0.1) is 18.6 Å². The monoisotopic (exact) mass is 255 g/mol. The molecular weight excluding hydrogens is 244 g/mol. The first-order valence-corrected chi connectivity index (χ1v) is 5.83. The second kappa shape index (κ2) is 4.67. The molecule has 0 amide bonds. The molecule has 0 aliphatic rings. The first kappa shape index (κ1) is 11.8. The van der Waals surface area contributed by atoms with Gasteiger partial charge in [-0.2, -0.15) is 0 Å². The molecule has 0 unspecified atom stereocenters. The van der Waals surface area contributed by atoms with Crippen molar-refractivity contribution in [3.05, 3.63) is 39.8 Å². The van der Waals surface area contributed by atoms with E-state index in [1.807, 2.05) is 6.92 Å². The van der Waals surface area contributed by atoms with E-state index in [0.717, 1.165) is 22.7 Å². The van der Waals surface area contributed by atoms with Gasteiger partial charge in [-0.15, -0.1) is 11.3 Å². The molecule has 0 spiro atoms. The van der Waals surface area contributed by atoms with Crippen molar-refractivity contribution in [3.8, 4) is 0 Å². The van der Waals surface area contributed by atoms with Gasteiger partial charge in [0.25, 0.3) is 0 Å². The van der Waals surface area contributed by atoms with Crippen LogP contribution in [0.5, 0.6) is 0 Å². The highest BCUT2D eigenvalue weighted by atomic mass is 32.1. The lowest BCUT2D eigenvalue weighted by Crippen LogP contribution is -2.03. The van der Waals surface area contributed by atoms with Crippen molar-refractivity contribution in [2.75, 3.05) is 11.1 Å². The normalized spacial score (nSPS) is 10.5. The summed E-state index contributed by atoms with van der Waals surface area (Å²) in [4.78, 5) is 5.13. The number of hydrogen-bond donors (Lipinski definition) is 2. The van der Waals surface area contributed by atoms with Gasteiger partial charge in [0.1, 0.15) is 0 Å². The highest BCUT2D eigenvalue weighted by molar-refractivity contribution is 7.09. The molecule has 0 saturated heterocycles. The number of rotatable bonds is 3. The van der Waals surface area contributed by atoms with E-state index in [0.29, 0.717) is 12.2 Å². The number of aromatic nitrogens is 1. The predicted octanol–water partition coefficient (Wildman–Crippen LogP) is 2.92. The van der Waals surface area contributed by atoms with Crippen LogP contribution in [0.1, 0.15) is 10.6 Å². The average Bonchev–Trinajstić information content (AvgIpc) is 2.68.